The van der Waals surface area contributed by atoms with E-state index >= 15 is 0 Å². The molecule has 0 fully saturated rings. The maximum Gasteiger partial charge on any atom is 0.0929 e. The second-order valence-corrected chi connectivity index (χ2v) is 3.17. The van der Waals surface area contributed by atoms with Gasteiger partial charge < -0.3 is 5.11 Å². The van der Waals surface area contributed by atoms with E-state index in [-0.39, 0.29) is 39.4 Å². The second-order valence-electron chi connectivity index (χ2n) is 3.17. The van der Waals surface area contributed by atoms with Crippen LogP contribution < -0.4 is 5.32 Å². The van der Waals surface area contributed by atoms with Gasteiger partial charge in [0.1, 0.15) is 0 Å². The zero-order valence-corrected chi connectivity index (χ0v) is 13.8. The first kappa shape index (κ1) is 19.8. The quantitative estimate of drug-likeness (QED) is 0.625. The summed E-state index contributed by atoms with van der Waals surface area (Å²) in [6, 6.07) is 23.3. The van der Waals surface area contributed by atoms with E-state index < -0.39 is 0 Å². The summed E-state index contributed by atoms with van der Waals surface area (Å²) in [5.41, 5.74) is 1.29. The van der Waals surface area contributed by atoms with Crippen LogP contribution in [0.5, 0.6) is 0 Å². The summed E-state index contributed by atoms with van der Waals surface area (Å²) in [6.45, 7) is 2.13. The number of aliphatic hydroxyl groups excluding tert-OH is 1. The van der Waals surface area contributed by atoms with Gasteiger partial charge in [-0.1, -0.05) is 6.92 Å². The van der Waals surface area contributed by atoms with Crippen molar-refractivity contribution >= 4 is 0 Å². The Morgan fingerprint density at radius 1 is 1.00 bits per heavy atom. The number of aryl methyl sites for hydroxylation is 1. The summed E-state index contributed by atoms with van der Waals surface area (Å²) in [5, 5.41) is 10.2. The minimum absolute atomic E-state index is 0. The van der Waals surface area contributed by atoms with Crippen LogP contribution in [0.2, 0.25) is 0 Å². The van der Waals surface area contributed by atoms with E-state index in [9.17, 15) is 0 Å². The van der Waals surface area contributed by atoms with Gasteiger partial charge >= 0.3 is 0 Å². The molecular weight excluding hydrogens is 299 g/mol. The molecule has 0 amide bonds. The van der Waals surface area contributed by atoms with E-state index in [1.165, 1.54) is 5.56 Å². The molecule has 0 unspecified atom stereocenters. The van der Waals surface area contributed by atoms with Gasteiger partial charge in [0, 0.05) is 32.7 Å². The third kappa shape index (κ3) is 15.5. The van der Waals surface area contributed by atoms with E-state index in [2.05, 4.69) is 24.4 Å². The second kappa shape index (κ2) is 16.5. The Balaban J connectivity index is 0. The smallest absolute Gasteiger partial charge is 0.0929 e. The van der Waals surface area contributed by atoms with Gasteiger partial charge in [-0.15, -0.1) is 0 Å². The molecule has 2 nitrogen and oxygen atoms in total. The summed E-state index contributed by atoms with van der Waals surface area (Å²) in [6.07, 6.45) is 0. The molecular formula is C15H19NOY-2. The number of nitrogens with one attached hydrogen (secondary N) is 1. The average molecular weight is 318 g/mol. The van der Waals surface area contributed by atoms with Crippen molar-refractivity contribution in [3.05, 3.63) is 72.3 Å². The molecule has 0 heterocycles. The molecule has 0 aliphatic heterocycles. The van der Waals surface area contributed by atoms with E-state index in [1.807, 2.05) is 54.6 Å². The van der Waals surface area contributed by atoms with E-state index in [0.29, 0.717) is 0 Å². The van der Waals surface area contributed by atoms with Gasteiger partial charge in [0.2, 0.25) is 0 Å². The van der Waals surface area contributed by atoms with Crippen molar-refractivity contribution in [1.82, 2.24) is 5.32 Å². The van der Waals surface area contributed by atoms with Crippen LogP contribution in [0.15, 0.2) is 54.6 Å². The molecule has 0 aliphatic carbocycles. The number of hydrogen-bond donors (Lipinski definition) is 2. The van der Waals surface area contributed by atoms with Gasteiger partial charge in [-0.3, -0.25) is 5.32 Å². The minimum atomic E-state index is 0. The van der Waals surface area contributed by atoms with Crippen LogP contribution in [-0.4, -0.2) is 18.9 Å². The van der Waals surface area contributed by atoms with Crippen LogP contribution >= 0.6 is 0 Å². The molecule has 1 radical (unpaired) electrons. The van der Waals surface area contributed by atoms with Gasteiger partial charge in [0.25, 0.3) is 0 Å². The first-order valence-electron chi connectivity index (χ1n) is 5.40. The first-order chi connectivity index (χ1) is 8.31. The fraction of sp³-hybridized carbons (Fsp3) is 0.200. The Morgan fingerprint density at radius 2 is 1.44 bits per heavy atom. The van der Waals surface area contributed by atoms with Gasteiger partial charge in [-0.2, -0.15) is 72.3 Å². The fourth-order valence-corrected chi connectivity index (χ4v) is 0.812. The molecule has 18 heavy (non-hydrogen) atoms. The average Bonchev–Trinajstić information content (AvgIpc) is 2.43. The van der Waals surface area contributed by atoms with Gasteiger partial charge in [0.15, 0.2) is 0 Å². The normalized spacial score (nSPS) is 7.72. The zero-order valence-electron chi connectivity index (χ0n) is 10.9. The van der Waals surface area contributed by atoms with E-state index in [1.54, 1.807) is 7.05 Å². The molecule has 95 valence electrons. The summed E-state index contributed by atoms with van der Waals surface area (Å²) < 4.78 is 0. The predicted molar refractivity (Wildman–Crippen MR) is 71.4 cm³/mol. The molecule has 2 aromatic rings. The van der Waals surface area contributed by atoms with Gasteiger partial charge in [-0.25, -0.2) is 0 Å². The number of benzene rings is 2. The standard InChI is InChI=1S/C7H7.C6H5.C2H7NO.Y/c1-7-5-3-2-4-6-7;1-2-4-6-5-3-1;1-3-2-4;/h3-6H,1H3;1-5H;3-4H,2H2,1H3;/q2*-1;;. The van der Waals surface area contributed by atoms with Gasteiger partial charge in [0.05, 0.1) is 6.73 Å². The van der Waals surface area contributed by atoms with Crippen molar-refractivity contribution in [2.75, 3.05) is 13.8 Å². The molecule has 2 rings (SSSR count). The van der Waals surface area contributed by atoms with Crippen molar-refractivity contribution < 1.29 is 37.8 Å². The van der Waals surface area contributed by atoms with Gasteiger partial charge in [-0.05, 0) is 7.05 Å². The fourth-order valence-electron chi connectivity index (χ4n) is 0.812. The third-order valence-corrected chi connectivity index (χ3v) is 1.65. The Labute approximate surface area is 135 Å². The Morgan fingerprint density at radius 3 is 1.61 bits per heavy atom. The first-order valence-corrected chi connectivity index (χ1v) is 5.40. The Bertz CT molecular complexity index is 311. The van der Waals surface area contributed by atoms with Crippen LogP contribution in [0.25, 0.3) is 0 Å². The Kier molecular flexibility index (Phi) is 18.1. The SMILES string of the molecule is CNCO.Cc1cc[c-]cc1.[Y].[c-]1ccccc1. The zero-order chi connectivity index (χ0) is 12.8. The van der Waals surface area contributed by atoms with Crippen LogP contribution in [0, 0.1) is 19.1 Å². The summed E-state index contributed by atoms with van der Waals surface area (Å²) in [5.74, 6) is 0. The topological polar surface area (TPSA) is 32.3 Å². The summed E-state index contributed by atoms with van der Waals surface area (Å²) >= 11 is 0. The molecule has 0 atom stereocenters. The molecule has 0 saturated carbocycles. The van der Waals surface area contributed by atoms with Crippen molar-refractivity contribution in [3.63, 3.8) is 0 Å². The molecule has 0 aromatic heterocycles. The molecule has 0 aliphatic rings. The summed E-state index contributed by atoms with van der Waals surface area (Å²) in [4.78, 5) is 0. The number of rotatable bonds is 1. The molecule has 0 spiro atoms. The van der Waals surface area contributed by atoms with Crippen LogP contribution in [-0.2, 0) is 32.7 Å². The minimum Gasteiger partial charge on any atom is -0.381 e. The van der Waals surface area contributed by atoms with Crippen molar-refractivity contribution in [1.29, 1.82) is 0 Å². The van der Waals surface area contributed by atoms with E-state index in [0.717, 1.165) is 0 Å². The number of hydrogen-bond acceptors (Lipinski definition) is 2. The maximum absolute atomic E-state index is 7.76. The summed E-state index contributed by atoms with van der Waals surface area (Å²) in [7, 11) is 1.68. The van der Waals surface area contributed by atoms with Crippen molar-refractivity contribution in [2.24, 2.45) is 0 Å². The Hall–Kier alpha value is -0.536. The molecule has 0 bridgehead atoms. The van der Waals surface area contributed by atoms with Crippen LogP contribution in [0.1, 0.15) is 5.56 Å². The molecule has 2 N–H and O–H groups in total. The molecule has 2 aromatic carbocycles. The predicted octanol–water partition coefficient (Wildman–Crippen LogP) is 2.44. The van der Waals surface area contributed by atoms with Crippen LogP contribution in [0.3, 0.4) is 0 Å². The monoisotopic (exact) mass is 318 g/mol. The number of aliphatic hydroxyl groups is 1. The molecule has 3 heteroatoms. The maximum atomic E-state index is 7.76. The third-order valence-electron chi connectivity index (χ3n) is 1.65. The van der Waals surface area contributed by atoms with E-state index in [4.69, 9.17) is 5.11 Å². The molecule has 0 saturated heterocycles. The largest absolute Gasteiger partial charge is 0.381 e. The van der Waals surface area contributed by atoms with Crippen LogP contribution in [0.4, 0.5) is 0 Å². The van der Waals surface area contributed by atoms with Crippen molar-refractivity contribution in [3.8, 4) is 0 Å². The van der Waals surface area contributed by atoms with Crippen molar-refractivity contribution in [2.45, 2.75) is 6.92 Å².